The fourth-order valence-electron chi connectivity index (χ4n) is 3.48. The first kappa shape index (κ1) is 20.5. The largest absolute Gasteiger partial charge is 0.507 e. The number of carbonyl (C=O) groups is 2. The van der Waals surface area contributed by atoms with Gasteiger partial charge in [-0.2, -0.15) is 0 Å². The zero-order chi connectivity index (χ0) is 21.1. The number of benzene rings is 1. The van der Waals surface area contributed by atoms with Gasteiger partial charge in [0.1, 0.15) is 11.5 Å². The summed E-state index contributed by atoms with van der Waals surface area (Å²) < 4.78 is 5.27. The Morgan fingerprint density at radius 1 is 1.28 bits per heavy atom. The Bertz CT molecular complexity index is 954. The van der Waals surface area contributed by atoms with Crippen molar-refractivity contribution in [1.82, 2.24) is 14.8 Å². The van der Waals surface area contributed by atoms with Crippen LogP contribution >= 0.6 is 0 Å². The third kappa shape index (κ3) is 4.00. The van der Waals surface area contributed by atoms with Crippen LogP contribution in [0.2, 0.25) is 0 Å². The second kappa shape index (κ2) is 8.45. The molecule has 0 aliphatic carbocycles. The quantitative estimate of drug-likeness (QED) is 0.459. The first-order valence-corrected chi connectivity index (χ1v) is 9.33. The highest BCUT2D eigenvalue weighted by atomic mass is 16.5. The maximum atomic E-state index is 12.9. The van der Waals surface area contributed by atoms with Gasteiger partial charge in [0.2, 0.25) is 0 Å². The molecule has 7 heteroatoms. The van der Waals surface area contributed by atoms with E-state index in [2.05, 4.69) is 4.98 Å². The molecule has 1 amide bonds. The number of ether oxygens (including phenoxy) is 1. The average molecular weight is 395 g/mol. The molecule has 0 spiro atoms. The molecular weight excluding hydrogens is 370 g/mol. The van der Waals surface area contributed by atoms with Gasteiger partial charge >= 0.3 is 0 Å². The van der Waals surface area contributed by atoms with Crippen LogP contribution in [-0.4, -0.2) is 65.9 Å². The van der Waals surface area contributed by atoms with Crippen molar-refractivity contribution in [2.75, 3.05) is 34.3 Å². The van der Waals surface area contributed by atoms with Gasteiger partial charge < -0.3 is 19.6 Å². The fraction of sp³-hybridized carbons (Fsp3) is 0.318. The molecule has 7 nitrogen and oxygen atoms in total. The van der Waals surface area contributed by atoms with Crippen LogP contribution in [0.4, 0.5) is 0 Å². The highest BCUT2D eigenvalue weighted by Gasteiger charge is 2.46. The number of aliphatic hydroxyl groups excluding tert-OH is 1. The van der Waals surface area contributed by atoms with Gasteiger partial charge in [0.05, 0.1) is 18.7 Å². The topological polar surface area (TPSA) is 83.0 Å². The van der Waals surface area contributed by atoms with Crippen molar-refractivity contribution in [3.8, 4) is 5.75 Å². The molecule has 1 aliphatic rings. The number of rotatable bonds is 6. The van der Waals surface area contributed by atoms with Crippen LogP contribution in [0.1, 0.15) is 22.7 Å². The summed E-state index contributed by atoms with van der Waals surface area (Å²) in [4.78, 5) is 33.3. The molecule has 2 heterocycles. The van der Waals surface area contributed by atoms with E-state index in [9.17, 15) is 14.7 Å². The molecule has 1 saturated heterocycles. The number of hydrogen-bond donors (Lipinski definition) is 1. The van der Waals surface area contributed by atoms with E-state index in [1.807, 2.05) is 25.9 Å². The second-order valence-electron chi connectivity index (χ2n) is 7.27. The van der Waals surface area contributed by atoms with Crippen molar-refractivity contribution in [3.05, 3.63) is 65.0 Å². The predicted molar refractivity (Wildman–Crippen MR) is 110 cm³/mol. The van der Waals surface area contributed by atoms with E-state index < -0.39 is 17.7 Å². The van der Waals surface area contributed by atoms with Crippen molar-refractivity contribution < 1.29 is 19.4 Å². The molecule has 1 aromatic heterocycles. The Hall–Kier alpha value is -3.19. The van der Waals surface area contributed by atoms with Crippen molar-refractivity contribution in [2.24, 2.45) is 0 Å². The molecule has 2 aromatic rings. The van der Waals surface area contributed by atoms with Crippen LogP contribution < -0.4 is 4.74 Å². The monoisotopic (exact) mass is 395 g/mol. The normalized spacial score (nSPS) is 18.5. The lowest BCUT2D eigenvalue weighted by Crippen LogP contribution is -2.35. The molecule has 1 fully saturated rings. The zero-order valence-corrected chi connectivity index (χ0v) is 17.0. The highest BCUT2D eigenvalue weighted by molar-refractivity contribution is 6.46. The number of amides is 1. The maximum absolute atomic E-state index is 12.9. The summed E-state index contributed by atoms with van der Waals surface area (Å²) in [6.45, 7) is 2.80. The molecule has 152 valence electrons. The van der Waals surface area contributed by atoms with E-state index in [1.54, 1.807) is 49.8 Å². The van der Waals surface area contributed by atoms with Crippen LogP contribution in [0, 0.1) is 6.92 Å². The van der Waals surface area contributed by atoms with E-state index in [1.165, 1.54) is 4.90 Å². The SMILES string of the molecule is COc1ccc(/C(O)=C2/C(=O)C(=O)N(CCN(C)C)C2c2cccnc2)cc1C. The maximum Gasteiger partial charge on any atom is 0.295 e. The van der Waals surface area contributed by atoms with Crippen molar-refractivity contribution in [3.63, 3.8) is 0 Å². The van der Waals surface area contributed by atoms with Crippen LogP contribution in [0.15, 0.2) is 48.3 Å². The second-order valence-corrected chi connectivity index (χ2v) is 7.27. The van der Waals surface area contributed by atoms with Crippen LogP contribution in [0.3, 0.4) is 0 Å². The molecule has 0 bridgehead atoms. The molecular formula is C22H25N3O4. The standard InChI is InChI=1S/C22H25N3O4/c1-14-12-15(7-8-17(14)29-4)20(26)18-19(16-6-5-9-23-13-16)25(11-10-24(2)3)22(28)21(18)27/h5-9,12-13,19,26H,10-11H2,1-4H3/b20-18-. The fourth-order valence-corrected chi connectivity index (χ4v) is 3.48. The van der Waals surface area contributed by atoms with E-state index in [0.29, 0.717) is 30.0 Å². The Kier molecular flexibility index (Phi) is 5.98. The van der Waals surface area contributed by atoms with Gasteiger partial charge in [0.15, 0.2) is 0 Å². The van der Waals surface area contributed by atoms with E-state index in [0.717, 1.165) is 5.56 Å². The zero-order valence-electron chi connectivity index (χ0n) is 17.0. The number of likely N-dealkylation sites (N-methyl/N-ethyl adjacent to an activating group) is 1. The van der Waals surface area contributed by atoms with Gasteiger partial charge in [-0.05, 0) is 56.4 Å². The lowest BCUT2D eigenvalue weighted by molar-refractivity contribution is -0.140. The molecule has 1 unspecified atom stereocenters. The van der Waals surface area contributed by atoms with Crippen LogP contribution in [0.5, 0.6) is 5.75 Å². The number of aromatic nitrogens is 1. The van der Waals surface area contributed by atoms with Gasteiger partial charge in [0.25, 0.3) is 11.7 Å². The third-order valence-corrected chi connectivity index (χ3v) is 5.00. The molecule has 0 saturated carbocycles. The summed E-state index contributed by atoms with van der Waals surface area (Å²) >= 11 is 0. The molecule has 3 rings (SSSR count). The number of carbonyl (C=O) groups excluding carboxylic acids is 2. The Morgan fingerprint density at radius 2 is 2.03 bits per heavy atom. The van der Waals surface area contributed by atoms with Gasteiger partial charge in [0, 0.05) is 31.0 Å². The summed E-state index contributed by atoms with van der Waals surface area (Å²) in [5, 5.41) is 11.0. The number of Topliss-reactive ketones (excluding diaryl/α,β-unsaturated/α-hetero) is 1. The van der Waals surface area contributed by atoms with E-state index in [4.69, 9.17) is 4.74 Å². The third-order valence-electron chi connectivity index (χ3n) is 5.00. The number of ketones is 1. The molecule has 1 N–H and O–H groups in total. The first-order chi connectivity index (χ1) is 13.8. The summed E-state index contributed by atoms with van der Waals surface area (Å²) in [5.74, 6) is -0.830. The van der Waals surface area contributed by atoms with Crippen molar-refractivity contribution in [1.29, 1.82) is 0 Å². The molecule has 1 aliphatic heterocycles. The number of likely N-dealkylation sites (tertiary alicyclic amines) is 1. The molecule has 1 aromatic carbocycles. The lowest BCUT2D eigenvalue weighted by atomic mass is 9.95. The summed E-state index contributed by atoms with van der Waals surface area (Å²) in [6, 6.07) is 8.01. The number of aryl methyl sites for hydroxylation is 1. The first-order valence-electron chi connectivity index (χ1n) is 9.33. The number of pyridine rings is 1. The van der Waals surface area contributed by atoms with Gasteiger partial charge in [-0.25, -0.2) is 0 Å². The highest BCUT2D eigenvalue weighted by Crippen LogP contribution is 2.39. The summed E-state index contributed by atoms with van der Waals surface area (Å²) in [7, 11) is 5.37. The number of nitrogens with zero attached hydrogens (tertiary/aromatic N) is 3. The summed E-state index contributed by atoms with van der Waals surface area (Å²) in [6.07, 6.45) is 3.24. The van der Waals surface area contributed by atoms with Crippen molar-refractivity contribution in [2.45, 2.75) is 13.0 Å². The Morgan fingerprint density at radius 3 is 2.62 bits per heavy atom. The Balaban J connectivity index is 2.13. The van der Waals surface area contributed by atoms with Crippen LogP contribution in [-0.2, 0) is 9.59 Å². The smallest absolute Gasteiger partial charge is 0.295 e. The minimum atomic E-state index is -0.691. The number of hydrogen-bond acceptors (Lipinski definition) is 6. The van der Waals surface area contributed by atoms with E-state index >= 15 is 0 Å². The van der Waals surface area contributed by atoms with Gasteiger partial charge in [-0.15, -0.1) is 0 Å². The predicted octanol–water partition coefficient (Wildman–Crippen LogP) is 2.38. The van der Waals surface area contributed by atoms with E-state index in [-0.39, 0.29) is 11.3 Å². The Labute approximate surface area is 170 Å². The molecule has 1 atom stereocenters. The molecule has 0 radical (unpaired) electrons. The summed E-state index contributed by atoms with van der Waals surface area (Å²) in [5.41, 5.74) is 2.03. The minimum Gasteiger partial charge on any atom is -0.507 e. The van der Waals surface area contributed by atoms with Crippen LogP contribution in [0.25, 0.3) is 5.76 Å². The van der Waals surface area contributed by atoms with Gasteiger partial charge in [-0.3, -0.25) is 14.6 Å². The van der Waals surface area contributed by atoms with Crippen molar-refractivity contribution >= 4 is 17.4 Å². The average Bonchev–Trinajstić information content (AvgIpc) is 2.97. The number of aliphatic hydroxyl groups is 1. The lowest BCUT2D eigenvalue weighted by Gasteiger charge is -2.26. The number of methoxy groups -OCH3 is 1. The minimum absolute atomic E-state index is 0.0753. The molecule has 29 heavy (non-hydrogen) atoms. The van der Waals surface area contributed by atoms with Gasteiger partial charge in [-0.1, -0.05) is 6.07 Å².